The number of amides is 1. The SMILES string of the molecule is COc1c(I)cc(I)c(C(=O)Nc2scc(-c3cccc(Cl)c3)c2C(=O)O)c1I. The van der Waals surface area contributed by atoms with Gasteiger partial charge in [-0.1, -0.05) is 23.7 Å². The number of carboxylic acids is 1. The molecule has 0 aliphatic carbocycles. The quantitative estimate of drug-likeness (QED) is 0.279. The number of carbonyl (C=O) groups is 2. The van der Waals surface area contributed by atoms with Gasteiger partial charge in [0.1, 0.15) is 16.3 Å². The highest BCUT2D eigenvalue weighted by atomic mass is 127. The number of ether oxygens (including phenoxy) is 1. The Morgan fingerprint density at radius 1 is 1.14 bits per heavy atom. The first-order chi connectivity index (χ1) is 13.7. The van der Waals surface area contributed by atoms with Crippen LogP contribution in [0.4, 0.5) is 5.00 Å². The minimum absolute atomic E-state index is 0.0353. The summed E-state index contributed by atoms with van der Waals surface area (Å²) in [6, 6.07) is 8.79. The lowest BCUT2D eigenvalue weighted by Gasteiger charge is -2.13. The summed E-state index contributed by atoms with van der Waals surface area (Å²) < 4.78 is 7.71. The molecule has 1 aromatic heterocycles. The first kappa shape index (κ1) is 23.0. The second-order valence-corrected chi connectivity index (χ2v) is 10.4. The molecule has 2 N–H and O–H groups in total. The van der Waals surface area contributed by atoms with Crippen LogP contribution in [0.1, 0.15) is 20.7 Å². The van der Waals surface area contributed by atoms with Crippen LogP contribution in [0.2, 0.25) is 5.02 Å². The second kappa shape index (κ2) is 9.66. The van der Waals surface area contributed by atoms with E-state index in [-0.39, 0.29) is 10.6 Å². The molecule has 0 saturated carbocycles. The number of anilines is 1. The van der Waals surface area contributed by atoms with E-state index in [0.717, 1.165) is 18.5 Å². The minimum atomic E-state index is -1.12. The molecule has 10 heteroatoms. The van der Waals surface area contributed by atoms with E-state index in [1.807, 2.05) is 6.07 Å². The average molecular weight is 766 g/mol. The van der Waals surface area contributed by atoms with Crippen molar-refractivity contribution in [1.29, 1.82) is 0 Å². The highest BCUT2D eigenvalue weighted by Crippen LogP contribution is 2.38. The topological polar surface area (TPSA) is 75.6 Å². The number of rotatable bonds is 5. The number of benzene rings is 2. The van der Waals surface area contributed by atoms with Crippen LogP contribution in [0.5, 0.6) is 5.75 Å². The Morgan fingerprint density at radius 2 is 1.86 bits per heavy atom. The van der Waals surface area contributed by atoms with E-state index >= 15 is 0 Å². The molecule has 5 nitrogen and oxygen atoms in total. The lowest BCUT2D eigenvalue weighted by molar-refractivity contribution is 0.0699. The number of halogens is 4. The van der Waals surface area contributed by atoms with Gasteiger partial charge in [0.25, 0.3) is 5.91 Å². The summed E-state index contributed by atoms with van der Waals surface area (Å²) in [4.78, 5) is 25.0. The van der Waals surface area contributed by atoms with Crippen LogP contribution in [0.15, 0.2) is 35.7 Å². The standard InChI is InChI=1S/C19H11ClI3NO4S/c1-28-16-12(22)6-11(21)14(15(16)23)17(25)24-18-13(19(26)27)10(7-29-18)8-3-2-4-9(20)5-8/h2-7H,1H3,(H,24,25)(H,26,27). The Balaban J connectivity index is 2.04. The van der Waals surface area contributed by atoms with E-state index in [1.54, 1.807) is 36.8 Å². The van der Waals surface area contributed by atoms with Crippen molar-refractivity contribution < 1.29 is 19.4 Å². The Bertz CT molecular complexity index is 1130. The zero-order valence-corrected chi connectivity index (χ0v) is 22.6. The van der Waals surface area contributed by atoms with Gasteiger partial charge in [0.05, 0.1) is 19.8 Å². The van der Waals surface area contributed by atoms with Crippen LogP contribution in [-0.4, -0.2) is 24.1 Å². The molecule has 0 bridgehead atoms. The number of aromatic carboxylic acids is 1. The zero-order chi connectivity index (χ0) is 21.3. The molecule has 0 unspecified atom stereocenters. The number of hydrogen-bond donors (Lipinski definition) is 2. The van der Waals surface area contributed by atoms with Gasteiger partial charge in [-0.05, 0) is 91.5 Å². The highest BCUT2D eigenvalue weighted by molar-refractivity contribution is 14.1. The molecule has 0 radical (unpaired) electrons. The van der Waals surface area contributed by atoms with Crippen LogP contribution in [0.25, 0.3) is 11.1 Å². The van der Waals surface area contributed by atoms with Crippen molar-refractivity contribution in [3.63, 3.8) is 0 Å². The van der Waals surface area contributed by atoms with Gasteiger partial charge in [0, 0.05) is 19.5 Å². The van der Waals surface area contributed by atoms with E-state index in [4.69, 9.17) is 16.3 Å². The van der Waals surface area contributed by atoms with E-state index in [2.05, 4.69) is 73.1 Å². The summed E-state index contributed by atoms with van der Waals surface area (Å²) >= 11 is 13.5. The van der Waals surface area contributed by atoms with Crippen molar-refractivity contribution >= 4 is 108 Å². The van der Waals surface area contributed by atoms with Crippen molar-refractivity contribution in [2.75, 3.05) is 12.4 Å². The van der Waals surface area contributed by atoms with Crippen molar-refractivity contribution in [2.24, 2.45) is 0 Å². The number of methoxy groups -OCH3 is 1. The predicted octanol–water partition coefficient (Wildman–Crippen LogP) is 6.84. The number of nitrogens with one attached hydrogen (secondary N) is 1. The number of hydrogen-bond acceptors (Lipinski definition) is 4. The molecular formula is C19H11ClI3NO4S. The van der Waals surface area contributed by atoms with E-state index in [0.29, 0.717) is 31.0 Å². The summed E-state index contributed by atoms with van der Waals surface area (Å²) in [6.45, 7) is 0. The Hall–Kier alpha value is -0.640. The first-order valence-electron chi connectivity index (χ1n) is 7.88. The Kier molecular flexibility index (Phi) is 7.67. The number of carboxylic acid groups (broad SMARTS) is 1. The first-order valence-corrected chi connectivity index (χ1v) is 12.4. The highest BCUT2D eigenvalue weighted by Gasteiger charge is 2.25. The second-order valence-electron chi connectivity index (χ2n) is 5.69. The molecule has 0 spiro atoms. The molecule has 0 aliphatic rings. The summed E-state index contributed by atoms with van der Waals surface area (Å²) in [5.41, 5.74) is 1.65. The molecule has 1 heterocycles. The van der Waals surface area contributed by atoms with Gasteiger partial charge in [0.15, 0.2) is 0 Å². The average Bonchev–Trinajstić information content (AvgIpc) is 3.05. The molecule has 3 aromatic rings. The van der Waals surface area contributed by atoms with Crippen LogP contribution in [0.3, 0.4) is 0 Å². The number of carbonyl (C=O) groups excluding carboxylic acids is 1. The minimum Gasteiger partial charge on any atom is -0.495 e. The number of thiophene rings is 1. The molecule has 0 atom stereocenters. The fourth-order valence-electron chi connectivity index (χ4n) is 2.66. The van der Waals surface area contributed by atoms with Crippen LogP contribution in [-0.2, 0) is 0 Å². The van der Waals surface area contributed by atoms with Crippen molar-refractivity contribution in [3.8, 4) is 16.9 Å². The maximum atomic E-state index is 13.0. The van der Waals surface area contributed by atoms with Gasteiger partial charge in [-0.25, -0.2) is 4.79 Å². The van der Waals surface area contributed by atoms with Gasteiger partial charge in [-0.3, -0.25) is 4.79 Å². The molecule has 1 amide bonds. The van der Waals surface area contributed by atoms with Crippen LogP contribution >= 0.6 is 90.7 Å². The lowest BCUT2D eigenvalue weighted by Crippen LogP contribution is -2.17. The Labute approximate surface area is 216 Å². The van der Waals surface area contributed by atoms with Gasteiger partial charge in [0.2, 0.25) is 0 Å². The molecule has 0 aliphatic heterocycles. The third-order valence-electron chi connectivity index (χ3n) is 3.93. The lowest BCUT2D eigenvalue weighted by atomic mass is 10.0. The van der Waals surface area contributed by atoms with Crippen LogP contribution in [0, 0.1) is 10.7 Å². The van der Waals surface area contributed by atoms with Gasteiger partial charge < -0.3 is 15.2 Å². The molecule has 29 heavy (non-hydrogen) atoms. The predicted molar refractivity (Wildman–Crippen MR) is 141 cm³/mol. The summed E-state index contributed by atoms with van der Waals surface area (Å²) in [5.74, 6) is -0.905. The molecule has 2 aromatic carbocycles. The summed E-state index contributed by atoms with van der Waals surface area (Å²) in [6.07, 6.45) is 0. The van der Waals surface area contributed by atoms with Crippen molar-refractivity contribution in [1.82, 2.24) is 0 Å². The smallest absolute Gasteiger partial charge is 0.339 e. The van der Waals surface area contributed by atoms with Crippen molar-refractivity contribution in [3.05, 3.63) is 62.6 Å². The molecule has 3 rings (SSSR count). The molecule has 0 fully saturated rings. The third kappa shape index (κ3) is 4.83. The van der Waals surface area contributed by atoms with E-state index < -0.39 is 11.9 Å². The van der Waals surface area contributed by atoms with Gasteiger partial charge in [-0.2, -0.15) is 0 Å². The fraction of sp³-hybridized carbons (Fsp3) is 0.0526. The fourth-order valence-corrected chi connectivity index (χ4v) is 8.11. The maximum absolute atomic E-state index is 13.0. The zero-order valence-electron chi connectivity index (χ0n) is 14.6. The molecule has 150 valence electrons. The van der Waals surface area contributed by atoms with E-state index in [1.165, 1.54) is 0 Å². The van der Waals surface area contributed by atoms with Gasteiger partial charge in [-0.15, -0.1) is 11.3 Å². The van der Waals surface area contributed by atoms with E-state index in [9.17, 15) is 14.7 Å². The molecule has 0 saturated heterocycles. The van der Waals surface area contributed by atoms with Crippen LogP contribution < -0.4 is 10.1 Å². The normalized spacial score (nSPS) is 10.7. The molecular weight excluding hydrogens is 754 g/mol. The summed E-state index contributed by atoms with van der Waals surface area (Å²) in [5, 5.41) is 15.0. The largest absolute Gasteiger partial charge is 0.495 e. The van der Waals surface area contributed by atoms with Crippen molar-refractivity contribution in [2.45, 2.75) is 0 Å². The third-order valence-corrected chi connectivity index (χ3v) is 7.74. The Morgan fingerprint density at radius 3 is 2.48 bits per heavy atom. The maximum Gasteiger partial charge on any atom is 0.339 e. The summed E-state index contributed by atoms with van der Waals surface area (Å²) in [7, 11) is 1.55. The monoisotopic (exact) mass is 765 g/mol. The van der Waals surface area contributed by atoms with Gasteiger partial charge >= 0.3 is 5.97 Å².